The van der Waals surface area contributed by atoms with Gasteiger partial charge in [0, 0.05) is 12.1 Å². The number of anilines is 2. The number of imide groups is 1. The van der Waals surface area contributed by atoms with Crippen molar-refractivity contribution >= 4 is 36.7 Å². The average molecular weight is 501 g/mol. The highest BCUT2D eigenvalue weighted by Crippen LogP contribution is 2.54. The van der Waals surface area contributed by atoms with Crippen molar-refractivity contribution in [2.45, 2.75) is 24.3 Å². The van der Waals surface area contributed by atoms with Crippen LogP contribution in [-0.2, 0) is 18.9 Å². The van der Waals surface area contributed by atoms with Crippen molar-refractivity contribution in [1.29, 1.82) is 0 Å². The first-order valence-electron chi connectivity index (χ1n) is 10.5. The van der Waals surface area contributed by atoms with Gasteiger partial charge in [0.05, 0.1) is 40.3 Å². The largest absolute Gasteiger partial charge is 0.524 e. The fraction of sp³-hybridized carbons (Fsp3) is 0.300. The quantitative estimate of drug-likeness (QED) is 0.264. The highest BCUT2D eigenvalue weighted by molar-refractivity contribution is 7.46. The summed E-state index contributed by atoms with van der Waals surface area (Å²) >= 11 is 0. The number of hydrogen-bond acceptors (Lipinski definition) is 10. The lowest BCUT2D eigenvalue weighted by Gasteiger charge is -2.30. The van der Waals surface area contributed by atoms with Crippen LogP contribution in [0.3, 0.4) is 0 Å². The number of rotatable bonds is 5. The van der Waals surface area contributed by atoms with E-state index in [1.54, 1.807) is 5.01 Å². The SMILES string of the molecule is O=C1C2C3OC(C2C(=O)N1c1ccc(OP(=O)(O)O)cc1)C1C3N=NN1c1ccc([N+](=O)[O-])cc1. The van der Waals surface area contributed by atoms with E-state index in [0.717, 1.165) is 4.90 Å². The minimum absolute atomic E-state index is 0.0740. The summed E-state index contributed by atoms with van der Waals surface area (Å²) in [6.45, 7) is 0. The van der Waals surface area contributed by atoms with Crippen LogP contribution >= 0.6 is 7.82 Å². The highest BCUT2D eigenvalue weighted by Gasteiger charge is 2.71. The van der Waals surface area contributed by atoms with E-state index >= 15 is 0 Å². The number of ether oxygens (including phenoxy) is 1. The Morgan fingerprint density at radius 1 is 0.971 bits per heavy atom. The summed E-state index contributed by atoms with van der Waals surface area (Å²) in [6.07, 6.45) is -1.32. The molecule has 2 N–H and O–H groups in total. The standard InChI is InChI=1S/C20H16N5O9P/c26-19-13-14(20(27)23(19)9-5-7-12(8-6-9)34-35(30,31)32)18-16-15(17(13)33-18)21-22-24(16)10-1-3-11(4-2-10)25(28)29/h1-8,13-18H,(H2,30,31,32). The van der Waals surface area contributed by atoms with Crippen LogP contribution in [0.25, 0.3) is 0 Å². The molecule has 2 aromatic rings. The molecule has 2 bridgehead atoms. The van der Waals surface area contributed by atoms with Gasteiger partial charge in [-0.25, -0.2) is 14.5 Å². The predicted molar refractivity (Wildman–Crippen MR) is 115 cm³/mol. The number of nitro groups is 1. The van der Waals surface area contributed by atoms with Crippen LogP contribution in [0.1, 0.15) is 0 Å². The molecule has 6 atom stereocenters. The van der Waals surface area contributed by atoms with Gasteiger partial charge in [0.25, 0.3) is 5.69 Å². The van der Waals surface area contributed by atoms with E-state index in [1.165, 1.54) is 48.5 Å². The zero-order chi connectivity index (χ0) is 24.6. The minimum Gasteiger partial charge on any atom is -0.404 e. The van der Waals surface area contributed by atoms with Gasteiger partial charge in [-0.05, 0) is 36.4 Å². The van der Waals surface area contributed by atoms with Crippen molar-refractivity contribution in [3.05, 3.63) is 58.6 Å². The van der Waals surface area contributed by atoms with Gasteiger partial charge in [-0.2, -0.15) is 5.11 Å². The first kappa shape index (κ1) is 21.8. The number of hydrogen-bond donors (Lipinski definition) is 2. The normalized spacial score (nSPS) is 30.7. The number of phosphoric ester groups is 1. The molecule has 3 saturated heterocycles. The van der Waals surface area contributed by atoms with Crippen LogP contribution in [0.4, 0.5) is 17.1 Å². The van der Waals surface area contributed by atoms with Crippen molar-refractivity contribution in [1.82, 2.24) is 0 Å². The number of nitro benzene ring substituents is 1. The number of nitrogens with zero attached hydrogens (tertiary/aromatic N) is 5. The Morgan fingerprint density at radius 3 is 2.17 bits per heavy atom. The average Bonchev–Trinajstić information content (AvgIpc) is 3.54. The molecule has 35 heavy (non-hydrogen) atoms. The summed E-state index contributed by atoms with van der Waals surface area (Å²) in [6, 6.07) is 10.1. The van der Waals surface area contributed by atoms with Crippen LogP contribution < -0.4 is 14.4 Å². The predicted octanol–water partition coefficient (Wildman–Crippen LogP) is 1.58. The Hall–Kier alpha value is -3.71. The highest BCUT2D eigenvalue weighted by atomic mass is 31.2. The van der Waals surface area contributed by atoms with Crippen molar-refractivity contribution in [2.24, 2.45) is 22.2 Å². The molecular formula is C20H16N5O9P. The molecule has 2 amide bonds. The number of non-ortho nitro benzene ring substituents is 1. The first-order chi connectivity index (χ1) is 16.6. The van der Waals surface area contributed by atoms with E-state index in [9.17, 15) is 24.3 Å². The molecule has 0 spiro atoms. The summed E-state index contributed by atoms with van der Waals surface area (Å²) < 4.78 is 21.6. The molecule has 2 aromatic carbocycles. The third kappa shape index (κ3) is 3.26. The number of carbonyl (C=O) groups is 2. The van der Waals surface area contributed by atoms with Gasteiger partial charge in [-0.1, -0.05) is 5.22 Å². The van der Waals surface area contributed by atoms with Crippen LogP contribution in [0.15, 0.2) is 58.9 Å². The minimum atomic E-state index is -4.75. The maximum atomic E-state index is 13.4. The van der Waals surface area contributed by atoms with E-state index < -0.39 is 60.7 Å². The second-order valence-electron chi connectivity index (χ2n) is 8.51. The van der Waals surface area contributed by atoms with Crippen LogP contribution in [0.2, 0.25) is 0 Å². The number of carbonyl (C=O) groups excluding carboxylic acids is 2. The molecule has 180 valence electrons. The van der Waals surface area contributed by atoms with E-state index in [4.69, 9.17) is 14.5 Å². The molecule has 0 aliphatic carbocycles. The summed E-state index contributed by atoms with van der Waals surface area (Å²) in [5, 5.41) is 21.0. The van der Waals surface area contributed by atoms with Crippen LogP contribution in [0, 0.1) is 22.0 Å². The Balaban J connectivity index is 1.26. The van der Waals surface area contributed by atoms with Gasteiger partial charge in [0.1, 0.15) is 17.8 Å². The van der Waals surface area contributed by atoms with Gasteiger partial charge in [-0.3, -0.25) is 29.5 Å². The van der Waals surface area contributed by atoms with Crippen molar-refractivity contribution in [3.63, 3.8) is 0 Å². The molecule has 0 saturated carbocycles. The smallest absolute Gasteiger partial charge is 0.404 e. The zero-order valence-electron chi connectivity index (χ0n) is 17.5. The van der Waals surface area contributed by atoms with Crippen LogP contribution in [-0.4, -0.2) is 50.8 Å². The van der Waals surface area contributed by atoms with E-state index in [2.05, 4.69) is 14.9 Å². The molecule has 14 nitrogen and oxygen atoms in total. The lowest BCUT2D eigenvalue weighted by Crippen LogP contribution is -2.51. The second-order valence-corrected chi connectivity index (χ2v) is 9.67. The van der Waals surface area contributed by atoms with Crippen molar-refractivity contribution in [2.75, 3.05) is 9.91 Å². The summed E-state index contributed by atoms with van der Waals surface area (Å²) in [5.74, 6) is -2.51. The Labute approximate surface area is 196 Å². The molecule has 4 heterocycles. The maximum absolute atomic E-state index is 13.4. The molecule has 0 radical (unpaired) electrons. The first-order valence-corrected chi connectivity index (χ1v) is 12.0. The molecular weight excluding hydrogens is 485 g/mol. The lowest BCUT2D eigenvalue weighted by atomic mass is 9.76. The number of amides is 2. The summed E-state index contributed by atoms with van der Waals surface area (Å²) in [7, 11) is -4.75. The molecule has 4 aliphatic heterocycles. The molecule has 6 rings (SSSR count). The Kier molecular flexibility index (Phi) is 4.60. The maximum Gasteiger partial charge on any atom is 0.524 e. The van der Waals surface area contributed by atoms with Gasteiger partial charge in [0.2, 0.25) is 11.8 Å². The van der Waals surface area contributed by atoms with E-state index in [-0.39, 0.29) is 17.1 Å². The van der Waals surface area contributed by atoms with Gasteiger partial charge < -0.3 is 9.26 Å². The molecule has 3 fully saturated rings. The number of phosphoric acid groups is 1. The second kappa shape index (κ2) is 7.39. The molecule has 15 heteroatoms. The molecule has 6 unspecified atom stereocenters. The van der Waals surface area contributed by atoms with Gasteiger partial charge >= 0.3 is 7.82 Å². The molecule has 0 aromatic heterocycles. The number of benzene rings is 2. The van der Waals surface area contributed by atoms with E-state index in [1.807, 2.05) is 0 Å². The van der Waals surface area contributed by atoms with E-state index in [0.29, 0.717) is 5.69 Å². The molecule has 4 aliphatic rings. The van der Waals surface area contributed by atoms with Gasteiger partial charge in [-0.15, -0.1) is 0 Å². The fourth-order valence-corrected chi connectivity index (χ4v) is 5.72. The summed E-state index contributed by atoms with van der Waals surface area (Å²) in [5.41, 5.74) is 0.717. The third-order valence-electron chi connectivity index (χ3n) is 6.65. The van der Waals surface area contributed by atoms with Crippen molar-refractivity contribution in [3.8, 4) is 5.75 Å². The number of fused-ring (bicyclic) bond motifs is 8. The topological polar surface area (TPSA) is 184 Å². The Morgan fingerprint density at radius 2 is 1.57 bits per heavy atom. The van der Waals surface area contributed by atoms with Crippen molar-refractivity contribution < 1.29 is 38.1 Å². The fourth-order valence-electron chi connectivity index (χ4n) is 5.32. The van der Waals surface area contributed by atoms with Crippen LogP contribution in [0.5, 0.6) is 5.75 Å². The third-order valence-corrected chi connectivity index (χ3v) is 7.10. The summed E-state index contributed by atoms with van der Waals surface area (Å²) in [4.78, 5) is 56.0. The monoisotopic (exact) mass is 501 g/mol. The zero-order valence-corrected chi connectivity index (χ0v) is 18.4. The van der Waals surface area contributed by atoms with Gasteiger partial charge in [0.15, 0.2) is 0 Å². The Bertz CT molecular complexity index is 1330. The lowest BCUT2D eigenvalue weighted by molar-refractivity contribution is -0.384.